The standard InChI is InChI=1S/C11H26N2/c1-6-8-10(4)13-11(5)12-9(3)7-2/h9-13H,6-8H2,1-5H3. The Labute approximate surface area is 83.5 Å². The van der Waals surface area contributed by atoms with E-state index in [-0.39, 0.29) is 0 Å². The van der Waals surface area contributed by atoms with Gasteiger partial charge < -0.3 is 0 Å². The highest BCUT2D eigenvalue weighted by atomic mass is 15.1. The third-order valence-corrected chi connectivity index (χ3v) is 2.40. The van der Waals surface area contributed by atoms with Crippen LogP contribution in [0.3, 0.4) is 0 Å². The van der Waals surface area contributed by atoms with E-state index in [0.717, 1.165) is 0 Å². The lowest BCUT2D eigenvalue weighted by atomic mass is 10.2. The van der Waals surface area contributed by atoms with Gasteiger partial charge in [-0.05, 0) is 33.6 Å². The molecule has 3 atom stereocenters. The Morgan fingerprint density at radius 1 is 0.923 bits per heavy atom. The Morgan fingerprint density at radius 2 is 1.46 bits per heavy atom. The van der Waals surface area contributed by atoms with Crippen LogP contribution < -0.4 is 10.6 Å². The Bertz CT molecular complexity index is 115. The molecule has 0 amide bonds. The van der Waals surface area contributed by atoms with Gasteiger partial charge >= 0.3 is 0 Å². The SMILES string of the molecule is CCCC(C)NC(C)NC(C)CC. The van der Waals surface area contributed by atoms with Crippen LogP contribution in [0.4, 0.5) is 0 Å². The summed E-state index contributed by atoms with van der Waals surface area (Å²) in [5, 5.41) is 7.04. The summed E-state index contributed by atoms with van der Waals surface area (Å²) in [7, 11) is 0. The van der Waals surface area contributed by atoms with Crippen molar-refractivity contribution >= 4 is 0 Å². The second-order valence-electron chi connectivity index (χ2n) is 4.05. The van der Waals surface area contributed by atoms with Crippen LogP contribution in [0.25, 0.3) is 0 Å². The van der Waals surface area contributed by atoms with E-state index in [4.69, 9.17) is 0 Å². The predicted molar refractivity (Wildman–Crippen MR) is 59.9 cm³/mol. The van der Waals surface area contributed by atoms with E-state index in [9.17, 15) is 0 Å². The molecule has 2 nitrogen and oxygen atoms in total. The molecule has 0 aliphatic rings. The molecule has 0 aliphatic heterocycles. The first-order valence-electron chi connectivity index (χ1n) is 5.62. The smallest absolute Gasteiger partial charge is 0.0546 e. The Hall–Kier alpha value is -0.0800. The maximum absolute atomic E-state index is 3.53. The van der Waals surface area contributed by atoms with Crippen LogP contribution in [-0.4, -0.2) is 18.2 Å². The van der Waals surface area contributed by atoms with Crippen molar-refractivity contribution in [1.29, 1.82) is 0 Å². The average Bonchev–Trinajstić information content (AvgIpc) is 2.04. The zero-order chi connectivity index (χ0) is 10.3. The molecule has 2 N–H and O–H groups in total. The van der Waals surface area contributed by atoms with E-state index in [1.807, 2.05) is 0 Å². The van der Waals surface area contributed by atoms with E-state index in [1.54, 1.807) is 0 Å². The van der Waals surface area contributed by atoms with Crippen molar-refractivity contribution in [3.05, 3.63) is 0 Å². The van der Waals surface area contributed by atoms with Crippen molar-refractivity contribution < 1.29 is 0 Å². The van der Waals surface area contributed by atoms with E-state index < -0.39 is 0 Å². The van der Waals surface area contributed by atoms with Gasteiger partial charge in [-0.2, -0.15) is 0 Å². The fourth-order valence-corrected chi connectivity index (χ4v) is 1.54. The molecular weight excluding hydrogens is 160 g/mol. The number of rotatable bonds is 7. The van der Waals surface area contributed by atoms with Crippen molar-refractivity contribution in [2.24, 2.45) is 0 Å². The maximum Gasteiger partial charge on any atom is 0.0546 e. The van der Waals surface area contributed by atoms with Crippen LogP contribution >= 0.6 is 0 Å². The molecule has 0 heterocycles. The van der Waals surface area contributed by atoms with Crippen LogP contribution in [0.2, 0.25) is 0 Å². The van der Waals surface area contributed by atoms with E-state index in [1.165, 1.54) is 19.3 Å². The topological polar surface area (TPSA) is 24.1 Å². The summed E-state index contributed by atoms with van der Waals surface area (Å²) in [6.07, 6.45) is 4.13. The third kappa shape index (κ3) is 7.03. The van der Waals surface area contributed by atoms with E-state index >= 15 is 0 Å². The first kappa shape index (κ1) is 12.9. The fourth-order valence-electron chi connectivity index (χ4n) is 1.54. The molecular formula is C11H26N2. The van der Waals surface area contributed by atoms with Crippen LogP contribution in [-0.2, 0) is 0 Å². The number of hydrogen-bond donors (Lipinski definition) is 2. The van der Waals surface area contributed by atoms with Crippen LogP contribution in [0.15, 0.2) is 0 Å². The second kappa shape index (κ2) is 7.34. The van der Waals surface area contributed by atoms with E-state index in [2.05, 4.69) is 45.3 Å². The van der Waals surface area contributed by atoms with Crippen molar-refractivity contribution in [2.75, 3.05) is 0 Å². The molecule has 0 spiro atoms. The normalized spacial score (nSPS) is 18.2. The summed E-state index contributed by atoms with van der Waals surface area (Å²) in [6.45, 7) is 11.1. The molecule has 0 aromatic rings. The zero-order valence-electron chi connectivity index (χ0n) is 9.85. The molecule has 0 bridgehead atoms. The highest BCUT2D eigenvalue weighted by Crippen LogP contribution is 1.97. The van der Waals surface area contributed by atoms with Crippen molar-refractivity contribution in [2.45, 2.75) is 72.1 Å². The summed E-state index contributed by atoms with van der Waals surface area (Å²) in [5.41, 5.74) is 0. The van der Waals surface area contributed by atoms with Gasteiger partial charge in [0.25, 0.3) is 0 Å². The highest BCUT2D eigenvalue weighted by molar-refractivity contribution is 4.68. The van der Waals surface area contributed by atoms with Crippen LogP contribution in [0, 0.1) is 0 Å². The van der Waals surface area contributed by atoms with Crippen LogP contribution in [0.5, 0.6) is 0 Å². The zero-order valence-corrected chi connectivity index (χ0v) is 9.85. The molecule has 13 heavy (non-hydrogen) atoms. The predicted octanol–water partition coefficient (Wildman–Crippen LogP) is 2.50. The Kier molecular flexibility index (Phi) is 7.29. The molecule has 0 saturated heterocycles. The van der Waals surface area contributed by atoms with Crippen molar-refractivity contribution in [1.82, 2.24) is 10.6 Å². The largest absolute Gasteiger partial charge is 0.300 e. The fraction of sp³-hybridized carbons (Fsp3) is 1.00. The van der Waals surface area contributed by atoms with Gasteiger partial charge in [-0.1, -0.05) is 20.3 Å². The van der Waals surface area contributed by atoms with Gasteiger partial charge in [0.05, 0.1) is 6.17 Å². The van der Waals surface area contributed by atoms with Gasteiger partial charge in [0.15, 0.2) is 0 Å². The summed E-state index contributed by atoms with van der Waals surface area (Å²) in [4.78, 5) is 0. The van der Waals surface area contributed by atoms with Gasteiger partial charge in [-0.15, -0.1) is 0 Å². The van der Waals surface area contributed by atoms with Crippen LogP contribution in [0.1, 0.15) is 53.9 Å². The quantitative estimate of drug-likeness (QED) is 0.597. The molecule has 0 rings (SSSR count). The summed E-state index contributed by atoms with van der Waals surface area (Å²) >= 11 is 0. The lowest BCUT2D eigenvalue weighted by molar-refractivity contribution is 0.355. The molecule has 0 saturated carbocycles. The average molecular weight is 186 g/mol. The molecule has 0 aromatic heterocycles. The maximum atomic E-state index is 3.53. The van der Waals surface area contributed by atoms with Crippen molar-refractivity contribution in [3.63, 3.8) is 0 Å². The first-order chi connectivity index (χ1) is 6.10. The molecule has 0 aromatic carbocycles. The number of hydrogen-bond acceptors (Lipinski definition) is 2. The lowest BCUT2D eigenvalue weighted by Crippen LogP contribution is -2.47. The molecule has 80 valence electrons. The van der Waals surface area contributed by atoms with Gasteiger partial charge in [-0.3, -0.25) is 10.6 Å². The van der Waals surface area contributed by atoms with Crippen molar-refractivity contribution in [3.8, 4) is 0 Å². The highest BCUT2D eigenvalue weighted by Gasteiger charge is 2.07. The number of nitrogens with one attached hydrogen (secondary N) is 2. The van der Waals surface area contributed by atoms with Gasteiger partial charge in [0.2, 0.25) is 0 Å². The summed E-state index contributed by atoms with van der Waals surface area (Å²) in [5.74, 6) is 0. The molecule has 0 aliphatic carbocycles. The molecule has 2 heteroatoms. The Morgan fingerprint density at radius 3 is 1.92 bits per heavy atom. The minimum atomic E-state index is 0.427. The van der Waals surface area contributed by atoms with Gasteiger partial charge in [-0.25, -0.2) is 0 Å². The second-order valence-corrected chi connectivity index (χ2v) is 4.05. The first-order valence-corrected chi connectivity index (χ1v) is 5.62. The monoisotopic (exact) mass is 186 g/mol. The Balaban J connectivity index is 3.54. The molecule has 0 radical (unpaired) electrons. The summed E-state index contributed by atoms with van der Waals surface area (Å²) < 4.78 is 0. The molecule has 3 unspecified atom stereocenters. The van der Waals surface area contributed by atoms with E-state index in [0.29, 0.717) is 18.2 Å². The molecule has 0 fully saturated rings. The minimum Gasteiger partial charge on any atom is -0.300 e. The lowest BCUT2D eigenvalue weighted by Gasteiger charge is -2.23. The third-order valence-electron chi connectivity index (χ3n) is 2.40. The summed E-state index contributed by atoms with van der Waals surface area (Å²) in [6, 6.07) is 1.23. The van der Waals surface area contributed by atoms with Gasteiger partial charge in [0.1, 0.15) is 0 Å². The van der Waals surface area contributed by atoms with Gasteiger partial charge in [0, 0.05) is 12.1 Å². The minimum absolute atomic E-state index is 0.427.